The topological polar surface area (TPSA) is 62.6 Å². The molecule has 5 nitrogen and oxygen atoms in total. The first kappa shape index (κ1) is 20.6. The summed E-state index contributed by atoms with van der Waals surface area (Å²) in [5, 5.41) is 5.92. The van der Waals surface area contributed by atoms with E-state index in [2.05, 4.69) is 17.6 Å². The van der Waals surface area contributed by atoms with Crippen molar-refractivity contribution in [2.45, 2.75) is 33.7 Å². The van der Waals surface area contributed by atoms with E-state index in [0.29, 0.717) is 13.1 Å². The van der Waals surface area contributed by atoms with Crippen molar-refractivity contribution in [2.75, 3.05) is 25.0 Å². The van der Waals surface area contributed by atoms with Gasteiger partial charge in [-0.2, -0.15) is 0 Å². The molecule has 0 aromatic heterocycles. The normalized spacial score (nSPS) is 11.7. The highest BCUT2D eigenvalue weighted by molar-refractivity contribution is 5.92. The van der Waals surface area contributed by atoms with E-state index in [1.165, 1.54) is 0 Å². The van der Waals surface area contributed by atoms with Gasteiger partial charge in [-0.05, 0) is 43.0 Å². The van der Waals surface area contributed by atoms with Gasteiger partial charge >= 0.3 is 0 Å². The van der Waals surface area contributed by atoms with Gasteiger partial charge in [-0.25, -0.2) is 0 Å². The van der Waals surface area contributed by atoms with E-state index in [0.717, 1.165) is 40.2 Å². The van der Waals surface area contributed by atoms with Crippen molar-refractivity contribution in [3.05, 3.63) is 65.2 Å². The van der Waals surface area contributed by atoms with Crippen LogP contribution in [-0.2, 0) is 16.1 Å². The predicted molar refractivity (Wildman–Crippen MR) is 109 cm³/mol. The number of hydrogen-bond acceptors (Lipinski definition) is 2. The molecule has 2 aromatic carbocycles. The van der Waals surface area contributed by atoms with Crippen LogP contribution < -0.4 is 15.5 Å². The second-order valence-corrected chi connectivity index (χ2v) is 6.92. The monoisotopic (exact) mass is 368 g/mol. The number of para-hydroxylation sites is 1. The van der Waals surface area contributed by atoms with E-state index in [1.807, 2.05) is 62.4 Å². The number of anilines is 1. The Kier molecular flexibility index (Phi) is 8.01. The lowest BCUT2D eigenvalue weighted by molar-refractivity contribution is -0.883. The molecule has 0 aliphatic heterocycles. The van der Waals surface area contributed by atoms with Crippen LogP contribution in [0.5, 0.6) is 0 Å². The van der Waals surface area contributed by atoms with Crippen LogP contribution >= 0.6 is 0 Å². The maximum Gasteiger partial charge on any atom is 0.279 e. The predicted octanol–water partition coefficient (Wildman–Crippen LogP) is 1.85. The Morgan fingerprint density at radius 3 is 2.19 bits per heavy atom. The summed E-state index contributed by atoms with van der Waals surface area (Å²) in [5.74, 6) is -0.107. The van der Waals surface area contributed by atoms with Crippen LogP contribution in [0.4, 0.5) is 5.69 Å². The van der Waals surface area contributed by atoms with Gasteiger partial charge in [0.2, 0.25) is 0 Å². The fourth-order valence-corrected chi connectivity index (χ4v) is 3.02. The molecule has 0 radical (unpaired) electrons. The summed E-state index contributed by atoms with van der Waals surface area (Å²) in [6.45, 7) is 7.92. The van der Waals surface area contributed by atoms with Gasteiger partial charge in [-0.15, -0.1) is 0 Å². The Balaban J connectivity index is 1.86. The molecule has 0 saturated heterocycles. The minimum absolute atomic E-state index is 0.0367. The number of rotatable bonds is 9. The largest absolute Gasteiger partial charge is 0.347 e. The van der Waals surface area contributed by atoms with E-state index in [9.17, 15) is 9.59 Å². The molecule has 0 spiro atoms. The molecular weight excluding hydrogens is 338 g/mol. The van der Waals surface area contributed by atoms with E-state index in [1.54, 1.807) is 0 Å². The molecule has 1 atom stereocenters. The van der Waals surface area contributed by atoms with Gasteiger partial charge in [-0.1, -0.05) is 49.4 Å². The molecule has 5 heteroatoms. The molecule has 27 heavy (non-hydrogen) atoms. The van der Waals surface area contributed by atoms with Crippen molar-refractivity contribution in [2.24, 2.45) is 0 Å². The molecule has 144 valence electrons. The van der Waals surface area contributed by atoms with Crippen LogP contribution in [0.3, 0.4) is 0 Å². The van der Waals surface area contributed by atoms with Crippen molar-refractivity contribution in [1.82, 2.24) is 5.32 Å². The molecule has 0 aliphatic rings. The van der Waals surface area contributed by atoms with Gasteiger partial charge in [0.15, 0.2) is 13.1 Å². The minimum atomic E-state index is -0.0700. The van der Waals surface area contributed by atoms with Crippen LogP contribution in [0.1, 0.15) is 30.0 Å². The average molecular weight is 369 g/mol. The SMILES string of the molecule is CCC[NH+](CC(=O)NCc1ccccc1C)CC(=O)Nc1ccccc1C. The Hall–Kier alpha value is -2.66. The first-order chi connectivity index (χ1) is 13.0. The number of quaternary nitrogens is 1. The Labute approximate surface area is 161 Å². The molecule has 0 aliphatic carbocycles. The lowest BCUT2D eigenvalue weighted by Crippen LogP contribution is -3.14. The second kappa shape index (κ2) is 10.5. The van der Waals surface area contributed by atoms with Gasteiger partial charge in [0.05, 0.1) is 6.54 Å². The van der Waals surface area contributed by atoms with Crippen molar-refractivity contribution >= 4 is 17.5 Å². The number of carbonyl (C=O) groups is 2. The third kappa shape index (κ3) is 6.87. The molecule has 0 fully saturated rings. The standard InChI is InChI=1S/C22H29N3O2/c1-4-13-25(16-22(27)24-20-12-8-6-10-18(20)3)15-21(26)23-14-19-11-7-5-9-17(19)2/h5-12H,4,13-16H2,1-3H3,(H,23,26)(H,24,27)/p+1. The van der Waals surface area contributed by atoms with Gasteiger partial charge in [0.25, 0.3) is 11.8 Å². The van der Waals surface area contributed by atoms with Crippen molar-refractivity contribution < 1.29 is 14.5 Å². The molecule has 3 N–H and O–H groups in total. The van der Waals surface area contributed by atoms with Gasteiger partial charge in [0, 0.05) is 12.2 Å². The van der Waals surface area contributed by atoms with Crippen LogP contribution in [0, 0.1) is 13.8 Å². The first-order valence-corrected chi connectivity index (χ1v) is 9.49. The van der Waals surface area contributed by atoms with Crippen molar-refractivity contribution in [3.63, 3.8) is 0 Å². The van der Waals surface area contributed by atoms with Crippen LogP contribution in [0.2, 0.25) is 0 Å². The fraction of sp³-hybridized carbons (Fsp3) is 0.364. The Morgan fingerprint density at radius 2 is 1.52 bits per heavy atom. The van der Waals surface area contributed by atoms with Crippen LogP contribution in [0.25, 0.3) is 0 Å². The quantitative estimate of drug-likeness (QED) is 0.633. The van der Waals surface area contributed by atoms with Crippen LogP contribution in [0.15, 0.2) is 48.5 Å². The molecule has 0 saturated carbocycles. The summed E-state index contributed by atoms with van der Waals surface area (Å²) in [7, 11) is 0. The van der Waals surface area contributed by atoms with Crippen molar-refractivity contribution in [1.29, 1.82) is 0 Å². The molecule has 2 rings (SSSR count). The molecule has 0 bridgehead atoms. The summed E-state index contributed by atoms with van der Waals surface area (Å²) in [5.41, 5.74) is 4.12. The fourth-order valence-electron chi connectivity index (χ4n) is 3.02. The van der Waals surface area contributed by atoms with Gasteiger partial charge < -0.3 is 15.5 Å². The highest BCUT2D eigenvalue weighted by atomic mass is 16.2. The lowest BCUT2D eigenvalue weighted by Gasteiger charge is -2.18. The first-order valence-electron chi connectivity index (χ1n) is 9.49. The highest BCUT2D eigenvalue weighted by Crippen LogP contribution is 2.12. The zero-order valence-electron chi connectivity index (χ0n) is 16.5. The number of hydrogen-bond donors (Lipinski definition) is 3. The Bertz CT molecular complexity index is 774. The highest BCUT2D eigenvalue weighted by Gasteiger charge is 2.18. The summed E-state index contributed by atoms with van der Waals surface area (Å²) in [4.78, 5) is 25.7. The maximum absolute atomic E-state index is 12.4. The molecule has 0 heterocycles. The smallest absolute Gasteiger partial charge is 0.279 e. The van der Waals surface area contributed by atoms with Gasteiger partial charge in [0.1, 0.15) is 0 Å². The second-order valence-electron chi connectivity index (χ2n) is 6.92. The van der Waals surface area contributed by atoms with Crippen LogP contribution in [-0.4, -0.2) is 31.4 Å². The third-order valence-corrected chi connectivity index (χ3v) is 4.58. The van der Waals surface area contributed by atoms with Crippen molar-refractivity contribution in [3.8, 4) is 0 Å². The molecule has 2 aromatic rings. The van der Waals surface area contributed by atoms with E-state index in [-0.39, 0.29) is 18.4 Å². The lowest BCUT2D eigenvalue weighted by atomic mass is 10.1. The van der Waals surface area contributed by atoms with E-state index >= 15 is 0 Å². The molecule has 1 unspecified atom stereocenters. The number of carbonyl (C=O) groups excluding carboxylic acids is 2. The number of amides is 2. The zero-order chi connectivity index (χ0) is 19.6. The number of benzene rings is 2. The summed E-state index contributed by atoms with van der Waals surface area (Å²) in [6.07, 6.45) is 0.915. The maximum atomic E-state index is 12.4. The Morgan fingerprint density at radius 1 is 0.889 bits per heavy atom. The summed E-state index contributed by atoms with van der Waals surface area (Å²) >= 11 is 0. The van der Waals surface area contributed by atoms with E-state index < -0.39 is 0 Å². The molecule has 2 amide bonds. The summed E-state index contributed by atoms with van der Waals surface area (Å²) in [6, 6.07) is 15.7. The average Bonchev–Trinajstić information content (AvgIpc) is 2.63. The molecular formula is C22H30N3O2+. The number of aryl methyl sites for hydroxylation is 2. The van der Waals surface area contributed by atoms with E-state index in [4.69, 9.17) is 0 Å². The van der Waals surface area contributed by atoms with Gasteiger partial charge in [-0.3, -0.25) is 9.59 Å². The third-order valence-electron chi connectivity index (χ3n) is 4.58. The minimum Gasteiger partial charge on any atom is -0.347 e. The summed E-state index contributed by atoms with van der Waals surface area (Å²) < 4.78 is 0. The zero-order valence-corrected chi connectivity index (χ0v) is 16.5. The number of nitrogens with one attached hydrogen (secondary N) is 3.